The molecule has 1 N–H and O–H groups in total. The van der Waals surface area contributed by atoms with Gasteiger partial charge in [-0.25, -0.2) is 13.4 Å². The lowest BCUT2D eigenvalue weighted by molar-refractivity contribution is 0.0938. The van der Waals surface area contributed by atoms with Gasteiger partial charge in [-0.1, -0.05) is 0 Å². The number of nitrogens with zero attached hydrogens (tertiary/aromatic N) is 1. The smallest absolute Gasteiger partial charge is 0.270 e. The van der Waals surface area contributed by atoms with Crippen LogP contribution in [0.2, 0.25) is 0 Å². The van der Waals surface area contributed by atoms with Crippen LogP contribution in [-0.2, 0) is 9.84 Å². The molecule has 0 aliphatic heterocycles. The number of rotatable bonds is 4. The predicted octanol–water partition coefficient (Wildman–Crippen LogP) is 1.01. The van der Waals surface area contributed by atoms with Crippen LogP contribution in [0.3, 0.4) is 0 Å². The van der Waals surface area contributed by atoms with E-state index in [0.717, 1.165) is 10.7 Å². The van der Waals surface area contributed by atoms with Gasteiger partial charge in [0.25, 0.3) is 5.91 Å². The molecule has 0 fully saturated rings. The second-order valence-electron chi connectivity index (χ2n) is 3.83. The first-order valence-electron chi connectivity index (χ1n) is 4.88. The normalized spacial score (nSPS) is 13.1. The van der Waals surface area contributed by atoms with Crippen molar-refractivity contribution in [3.63, 3.8) is 0 Å². The highest BCUT2D eigenvalue weighted by molar-refractivity contribution is 9.10. The van der Waals surface area contributed by atoms with Gasteiger partial charge in [0, 0.05) is 23.0 Å². The van der Waals surface area contributed by atoms with Gasteiger partial charge in [-0.3, -0.25) is 4.79 Å². The van der Waals surface area contributed by atoms with E-state index in [2.05, 4.69) is 26.2 Å². The molecular weight excluding hydrogens is 308 g/mol. The van der Waals surface area contributed by atoms with E-state index < -0.39 is 15.9 Å². The Balaban J connectivity index is 2.63. The number of carbonyl (C=O) groups is 1. The third-order valence-corrected chi connectivity index (χ3v) is 3.46. The Labute approximate surface area is 109 Å². The molecule has 1 aromatic rings. The number of hydrogen-bond donors (Lipinski definition) is 1. The van der Waals surface area contributed by atoms with Crippen LogP contribution in [-0.4, -0.2) is 37.4 Å². The number of amides is 1. The summed E-state index contributed by atoms with van der Waals surface area (Å²) in [4.78, 5) is 15.6. The Bertz CT molecular complexity index is 499. The van der Waals surface area contributed by atoms with Crippen molar-refractivity contribution in [3.8, 4) is 0 Å². The average molecular weight is 321 g/mol. The number of pyridine rings is 1. The quantitative estimate of drug-likeness (QED) is 0.898. The van der Waals surface area contributed by atoms with Gasteiger partial charge in [0.2, 0.25) is 0 Å². The summed E-state index contributed by atoms with van der Waals surface area (Å²) in [6.45, 7) is 1.64. The lowest BCUT2D eigenvalue weighted by Gasteiger charge is -2.12. The molecule has 0 saturated heterocycles. The van der Waals surface area contributed by atoms with E-state index in [4.69, 9.17) is 0 Å². The first-order chi connectivity index (χ1) is 7.78. The Morgan fingerprint density at radius 2 is 2.18 bits per heavy atom. The molecule has 5 nitrogen and oxygen atoms in total. The highest BCUT2D eigenvalue weighted by atomic mass is 79.9. The van der Waals surface area contributed by atoms with E-state index in [0.29, 0.717) is 0 Å². The molecule has 1 heterocycles. The van der Waals surface area contributed by atoms with Gasteiger partial charge in [0.15, 0.2) is 0 Å². The third-order valence-electron chi connectivity index (χ3n) is 1.89. The summed E-state index contributed by atoms with van der Waals surface area (Å²) < 4.78 is 22.8. The van der Waals surface area contributed by atoms with E-state index >= 15 is 0 Å². The first kappa shape index (κ1) is 14.1. The summed E-state index contributed by atoms with van der Waals surface area (Å²) in [5.74, 6) is -0.469. The van der Waals surface area contributed by atoms with E-state index in [9.17, 15) is 13.2 Å². The molecule has 0 aromatic carbocycles. The van der Waals surface area contributed by atoms with Gasteiger partial charge in [0.1, 0.15) is 15.5 Å². The van der Waals surface area contributed by atoms with Crippen LogP contribution in [0.1, 0.15) is 17.4 Å². The topological polar surface area (TPSA) is 76.1 Å². The number of sulfone groups is 1. The van der Waals surface area contributed by atoms with Crippen molar-refractivity contribution in [3.05, 3.63) is 28.5 Å². The van der Waals surface area contributed by atoms with Crippen LogP contribution in [0.5, 0.6) is 0 Å². The molecule has 94 valence electrons. The minimum atomic E-state index is -3.10. The fourth-order valence-electron chi connectivity index (χ4n) is 1.30. The Morgan fingerprint density at radius 1 is 1.53 bits per heavy atom. The molecule has 17 heavy (non-hydrogen) atoms. The summed E-state index contributed by atoms with van der Waals surface area (Å²) in [5, 5.41) is 2.58. The van der Waals surface area contributed by atoms with E-state index in [-0.39, 0.29) is 17.4 Å². The molecule has 0 aliphatic rings. The summed E-state index contributed by atoms with van der Waals surface area (Å²) in [6.07, 6.45) is 2.64. The van der Waals surface area contributed by atoms with Crippen molar-refractivity contribution in [1.29, 1.82) is 0 Å². The van der Waals surface area contributed by atoms with Crippen LogP contribution in [0.25, 0.3) is 0 Å². The number of aromatic nitrogens is 1. The number of hydrogen-bond acceptors (Lipinski definition) is 4. The molecule has 0 bridgehead atoms. The maximum atomic E-state index is 11.7. The number of nitrogens with one attached hydrogen (secondary N) is 1. The van der Waals surface area contributed by atoms with Crippen molar-refractivity contribution in [1.82, 2.24) is 10.3 Å². The van der Waals surface area contributed by atoms with Crippen molar-refractivity contribution in [2.45, 2.75) is 13.0 Å². The van der Waals surface area contributed by atoms with Crippen LogP contribution in [0, 0.1) is 0 Å². The first-order valence-corrected chi connectivity index (χ1v) is 7.73. The zero-order valence-electron chi connectivity index (χ0n) is 9.47. The maximum Gasteiger partial charge on any atom is 0.270 e. The Hall–Kier alpha value is -0.950. The molecule has 7 heteroatoms. The molecule has 1 amide bonds. The molecule has 0 radical (unpaired) electrons. The monoisotopic (exact) mass is 320 g/mol. The molecule has 1 atom stereocenters. The van der Waals surface area contributed by atoms with E-state index in [1.54, 1.807) is 19.1 Å². The zero-order valence-corrected chi connectivity index (χ0v) is 11.9. The van der Waals surface area contributed by atoms with Crippen LogP contribution in [0.4, 0.5) is 0 Å². The number of carbonyl (C=O) groups excluding carboxylic acids is 1. The lowest BCUT2D eigenvalue weighted by Crippen LogP contribution is -2.37. The summed E-state index contributed by atoms with van der Waals surface area (Å²) in [5.41, 5.74) is 0.258. The highest BCUT2D eigenvalue weighted by Gasteiger charge is 2.14. The fraction of sp³-hybridized carbons (Fsp3) is 0.400. The molecule has 0 spiro atoms. The maximum absolute atomic E-state index is 11.7. The van der Waals surface area contributed by atoms with Crippen LogP contribution < -0.4 is 5.32 Å². The van der Waals surface area contributed by atoms with Crippen molar-refractivity contribution in [2.75, 3.05) is 12.0 Å². The molecule has 0 aliphatic carbocycles. The Kier molecular flexibility index (Phi) is 4.64. The average Bonchev–Trinajstić information content (AvgIpc) is 2.15. The minimum Gasteiger partial charge on any atom is -0.347 e. The molecule has 0 saturated carbocycles. The highest BCUT2D eigenvalue weighted by Crippen LogP contribution is 2.07. The standard InChI is InChI=1S/C10H13BrN2O3S/c1-7(6-17(2,15)16)13-10(14)9-4-3-8(11)5-12-9/h3-5,7H,6H2,1-2H3,(H,13,14). The van der Waals surface area contributed by atoms with Crippen molar-refractivity contribution in [2.24, 2.45) is 0 Å². The van der Waals surface area contributed by atoms with E-state index in [1.165, 1.54) is 6.20 Å². The van der Waals surface area contributed by atoms with Crippen molar-refractivity contribution < 1.29 is 13.2 Å². The second-order valence-corrected chi connectivity index (χ2v) is 6.93. The van der Waals surface area contributed by atoms with E-state index in [1.807, 2.05) is 0 Å². The summed E-state index contributed by atoms with van der Waals surface area (Å²) in [7, 11) is -3.10. The molecule has 1 rings (SSSR count). The Morgan fingerprint density at radius 3 is 2.65 bits per heavy atom. The van der Waals surface area contributed by atoms with Crippen molar-refractivity contribution >= 4 is 31.7 Å². The predicted molar refractivity (Wildman–Crippen MR) is 68.6 cm³/mol. The van der Waals surface area contributed by atoms with Gasteiger partial charge >= 0.3 is 0 Å². The SMILES string of the molecule is CC(CS(C)(=O)=O)NC(=O)c1ccc(Br)cn1. The van der Waals surface area contributed by atoms with Gasteiger partial charge in [-0.15, -0.1) is 0 Å². The third kappa shape index (κ3) is 5.27. The van der Waals surface area contributed by atoms with Gasteiger partial charge in [0.05, 0.1) is 5.75 Å². The fourth-order valence-corrected chi connectivity index (χ4v) is 2.53. The largest absolute Gasteiger partial charge is 0.347 e. The lowest BCUT2D eigenvalue weighted by atomic mass is 10.3. The van der Waals surface area contributed by atoms with Gasteiger partial charge in [-0.2, -0.15) is 0 Å². The summed E-state index contributed by atoms with van der Waals surface area (Å²) >= 11 is 3.21. The molecule has 1 aromatic heterocycles. The van der Waals surface area contributed by atoms with Crippen LogP contribution >= 0.6 is 15.9 Å². The minimum absolute atomic E-state index is 0.0880. The zero-order chi connectivity index (χ0) is 13.1. The number of halogens is 1. The van der Waals surface area contributed by atoms with Gasteiger partial charge in [-0.05, 0) is 35.0 Å². The van der Waals surface area contributed by atoms with Gasteiger partial charge < -0.3 is 5.32 Å². The second kappa shape index (κ2) is 5.59. The molecule has 1 unspecified atom stereocenters. The summed E-state index contributed by atoms with van der Waals surface area (Å²) in [6, 6.07) is 2.82. The molecular formula is C10H13BrN2O3S. The van der Waals surface area contributed by atoms with Crippen LogP contribution in [0.15, 0.2) is 22.8 Å².